The molecule has 0 unspecified atom stereocenters. The van der Waals surface area contributed by atoms with Gasteiger partial charge in [-0.2, -0.15) is 4.31 Å². The molecule has 10 heteroatoms. The summed E-state index contributed by atoms with van der Waals surface area (Å²) >= 11 is 0. The van der Waals surface area contributed by atoms with E-state index in [2.05, 4.69) is 28.6 Å². The molecule has 0 aliphatic carbocycles. The lowest BCUT2D eigenvalue weighted by Crippen LogP contribution is -2.49. The third-order valence-corrected chi connectivity index (χ3v) is 9.77. The van der Waals surface area contributed by atoms with Gasteiger partial charge >= 0.3 is 0 Å². The monoisotopic (exact) mass is 478 g/mol. The molecule has 8 nitrogen and oxygen atoms in total. The van der Waals surface area contributed by atoms with Crippen molar-refractivity contribution in [2.45, 2.75) is 24.8 Å². The van der Waals surface area contributed by atoms with E-state index in [1.807, 2.05) is 18.3 Å². The van der Waals surface area contributed by atoms with Crippen molar-refractivity contribution in [2.24, 2.45) is 0 Å². The molecule has 0 radical (unpaired) electrons. The number of benzene rings is 1. The van der Waals surface area contributed by atoms with Crippen molar-refractivity contribution in [1.29, 1.82) is 0 Å². The number of pyridine rings is 1. The van der Waals surface area contributed by atoms with E-state index in [4.69, 9.17) is 0 Å². The molecule has 0 N–H and O–H groups in total. The fraction of sp³-hybridized carbons (Fsp3) is 0.500. The zero-order valence-corrected chi connectivity index (χ0v) is 20.1. The fourth-order valence-electron chi connectivity index (χ4n) is 4.12. The summed E-state index contributed by atoms with van der Waals surface area (Å²) in [6, 6.07) is 11.3. The van der Waals surface area contributed by atoms with Crippen molar-refractivity contribution >= 4 is 25.7 Å². The van der Waals surface area contributed by atoms with Crippen LogP contribution >= 0.6 is 0 Å². The normalized spacial score (nSPS) is 20.5. The second-order valence-corrected chi connectivity index (χ2v) is 12.8. The quantitative estimate of drug-likeness (QED) is 0.646. The van der Waals surface area contributed by atoms with E-state index in [1.165, 1.54) is 4.31 Å². The number of hydrogen-bond donors (Lipinski definition) is 0. The topological polar surface area (TPSA) is 90.9 Å². The van der Waals surface area contributed by atoms with Gasteiger partial charge in [0.05, 0.1) is 16.4 Å². The first-order valence-corrected chi connectivity index (χ1v) is 14.2. The first-order valence-electron chi connectivity index (χ1n) is 10.9. The van der Waals surface area contributed by atoms with Crippen molar-refractivity contribution in [2.75, 3.05) is 55.7 Å². The standard InChI is InChI=1S/C22H30N4O4S2/c1-18(2)24-9-11-25(12-10-24)22-8-5-20(17-23-22)19-3-6-21(7-4-19)32(29,30)26-13-15-31(27,28)16-14-26/h3-8,17-18H,9-16H2,1-2H3. The minimum atomic E-state index is -3.70. The predicted molar refractivity (Wildman–Crippen MR) is 126 cm³/mol. The van der Waals surface area contributed by atoms with Crippen molar-refractivity contribution in [3.63, 3.8) is 0 Å². The zero-order chi connectivity index (χ0) is 22.9. The lowest BCUT2D eigenvalue weighted by atomic mass is 10.1. The third-order valence-electron chi connectivity index (χ3n) is 6.25. The summed E-state index contributed by atoms with van der Waals surface area (Å²) in [7, 11) is -6.84. The number of rotatable bonds is 5. The molecule has 2 aromatic rings. The molecule has 0 atom stereocenters. The second kappa shape index (κ2) is 9.09. The predicted octanol–water partition coefficient (Wildman–Crippen LogP) is 1.70. The Kier molecular flexibility index (Phi) is 6.58. The molecule has 0 amide bonds. The smallest absolute Gasteiger partial charge is 0.243 e. The number of sulfone groups is 1. The van der Waals surface area contributed by atoms with Gasteiger partial charge in [0.25, 0.3) is 0 Å². The van der Waals surface area contributed by atoms with Gasteiger partial charge in [0.2, 0.25) is 10.0 Å². The molecular formula is C22H30N4O4S2. The number of hydrogen-bond acceptors (Lipinski definition) is 7. The molecule has 1 aromatic carbocycles. The summed E-state index contributed by atoms with van der Waals surface area (Å²) in [5.74, 6) is 0.695. The largest absolute Gasteiger partial charge is 0.354 e. The van der Waals surface area contributed by atoms with E-state index >= 15 is 0 Å². The van der Waals surface area contributed by atoms with Crippen LogP contribution < -0.4 is 4.90 Å². The second-order valence-electron chi connectivity index (χ2n) is 8.60. The SMILES string of the molecule is CC(C)N1CCN(c2ccc(-c3ccc(S(=O)(=O)N4CCS(=O)(=O)CC4)cc3)cn2)CC1. The molecule has 2 aliphatic heterocycles. The zero-order valence-electron chi connectivity index (χ0n) is 18.5. The van der Waals surface area contributed by atoms with Crippen LogP contribution in [0.25, 0.3) is 11.1 Å². The Morgan fingerprint density at radius 2 is 1.44 bits per heavy atom. The average molecular weight is 479 g/mol. The lowest BCUT2D eigenvalue weighted by Gasteiger charge is -2.37. The van der Waals surface area contributed by atoms with Gasteiger partial charge < -0.3 is 4.90 Å². The number of nitrogens with zero attached hydrogens (tertiary/aromatic N) is 4. The first kappa shape index (κ1) is 23.2. The Morgan fingerprint density at radius 1 is 0.844 bits per heavy atom. The van der Waals surface area contributed by atoms with E-state index in [0.29, 0.717) is 6.04 Å². The molecule has 2 fully saturated rings. The molecule has 2 saturated heterocycles. The Hall–Kier alpha value is -2.01. The van der Waals surface area contributed by atoms with Gasteiger partial charge in [0.1, 0.15) is 5.82 Å². The minimum absolute atomic E-state index is 0.00320. The van der Waals surface area contributed by atoms with E-state index in [0.717, 1.165) is 43.1 Å². The number of aromatic nitrogens is 1. The summed E-state index contributed by atoms with van der Waals surface area (Å²) in [5.41, 5.74) is 1.80. The van der Waals surface area contributed by atoms with Gasteiger partial charge in [-0.3, -0.25) is 4.90 Å². The molecule has 174 valence electrons. The molecule has 2 aliphatic rings. The van der Waals surface area contributed by atoms with Gasteiger partial charge in [0.15, 0.2) is 9.84 Å². The maximum Gasteiger partial charge on any atom is 0.243 e. The first-order chi connectivity index (χ1) is 15.2. The van der Waals surface area contributed by atoms with Crippen LogP contribution in [0.15, 0.2) is 47.5 Å². The highest BCUT2D eigenvalue weighted by Crippen LogP contribution is 2.25. The molecule has 4 rings (SSSR count). The van der Waals surface area contributed by atoms with Crippen LogP contribution in [-0.2, 0) is 19.9 Å². The highest BCUT2D eigenvalue weighted by Gasteiger charge is 2.31. The summed E-state index contributed by atoms with van der Waals surface area (Å²) in [6.07, 6.45) is 1.82. The van der Waals surface area contributed by atoms with Crippen LogP contribution in [0.2, 0.25) is 0 Å². The third kappa shape index (κ3) is 4.98. The van der Waals surface area contributed by atoms with Gasteiger partial charge in [-0.25, -0.2) is 21.8 Å². The van der Waals surface area contributed by atoms with E-state index in [-0.39, 0.29) is 29.5 Å². The molecule has 1 aromatic heterocycles. The molecule has 32 heavy (non-hydrogen) atoms. The Bertz CT molecular complexity index is 1130. The summed E-state index contributed by atoms with van der Waals surface area (Å²) in [6.45, 7) is 8.41. The van der Waals surface area contributed by atoms with Gasteiger partial charge in [-0.05, 0) is 43.7 Å². The van der Waals surface area contributed by atoms with Crippen LogP contribution in [0.5, 0.6) is 0 Å². The highest BCUT2D eigenvalue weighted by atomic mass is 32.2. The van der Waals surface area contributed by atoms with Crippen molar-refractivity contribution in [3.05, 3.63) is 42.6 Å². The van der Waals surface area contributed by atoms with Gasteiger partial charge in [-0.1, -0.05) is 12.1 Å². The average Bonchev–Trinajstić information content (AvgIpc) is 2.79. The molecule has 3 heterocycles. The molecule has 0 bridgehead atoms. The molecular weight excluding hydrogens is 448 g/mol. The van der Waals surface area contributed by atoms with Gasteiger partial charge in [-0.15, -0.1) is 0 Å². The Labute approximate surface area is 190 Å². The minimum Gasteiger partial charge on any atom is -0.354 e. The number of anilines is 1. The van der Waals surface area contributed by atoms with Crippen LogP contribution in [0.1, 0.15) is 13.8 Å². The van der Waals surface area contributed by atoms with E-state index in [1.54, 1.807) is 24.3 Å². The van der Waals surface area contributed by atoms with Crippen LogP contribution in [0, 0.1) is 0 Å². The maximum atomic E-state index is 12.8. The van der Waals surface area contributed by atoms with Crippen LogP contribution in [0.4, 0.5) is 5.82 Å². The van der Waals surface area contributed by atoms with E-state index < -0.39 is 19.9 Å². The fourth-order valence-corrected chi connectivity index (χ4v) is 6.99. The highest BCUT2D eigenvalue weighted by molar-refractivity contribution is 7.92. The summed E-state index contributed by atoms with van der Waals surface area (Å²) in [4.78, 5) is 9.56. The van der Waals surface area contributed by atoms with Crippen molar-refractivity contribution < 1.29 is 16.8 Å². The van der Waals surface area contributed by atoms with Crippen LogP contribution in [0.3, 0.4) is 0 Å². The number of piperazine rings is 1. The van der Waals surface area contributed by atoms with Crippen LogP contribution in [-0.4, -0.2) is 87.8 Å². The Morgan fingerprint density at radius 3 is 1.97 bits per heavy atom. The lowest BCUT2D eigenvalue weighted by molar-refractivity contribution is 0.209. The summed E-state index contributed by atoms with van der Waals surface area (Å²) < 4.78 is 50.1. The van der Waals surface area contributed by atoms with Crippen molar-refractivity contribution in [3.8, 4) is 11.1 Å². The maximum absolute atomic E-state index is 12.8. The Balaban J connectivity index is 1.43. The van der Waals surface area contributed by atoms with Crippen molar-refractivity contribution in [1.82, 2.24) is 14.2 Å². The summed E-state index contributed by atoms with van der Waals surface area (Å²) in [5, 5.41) is 0. The van der Waals surface area contributed by atoms with Gasteiger partial charge in [0, 0.05) is 57.1 Å². The van der Waals surface area contributed by atoms with E-state index in [9.17, 15) is 16.8 Å². The molecule has 0 saturated carbocycles. The number of sulfonamides is 1. The molecule has 0 spiro atoms.